The minimum atomic E-state index is 0.322. The van der Waals surface area contributed by atoms with Gasteiger partial charge in [0, 0.05) is 19.9 Å². The van der Waals surface area contributed by atoms with Gasteiger partial charge in [-0.3, -0.25) is 0 Å². The number of anilines is 1. The van der Waals surface area contributed by atoms with Crippen LogP contribution in [-0.2, 0) is 12.8 Å². The predicted octanol–water partition coefficient (Wildman–Crippen LogP) is 6.22. The summed E-state index contributed by atoms with van der Waals surface area (Å²) in [7, 11) is 0. The van der Waals surface area contributed by atoms with Crippen molar-refractivity contribution in [3.8, 4) is 0 Å². The van der Waals surface area contributed by atoms with Gasteiger partial charge < -0.3 is 5.32 Å². The maximum Gasteiger partial charge on any atom is 0.0578 e. The van der Waals surface area contributed by atoms with Gasteiger partial charge in [-0.25, -0.2) is 0 Å². The average molecular weight is 371 g/mol. The van der Waals surface area contributed by atoms with E-state index in [0.29, 0.717) is 6.04 Å². The Morgan fingerprint density at radius 1 is 1.25 bits per heavy atom. The van der Waals surface area contributed by atoms with Gasteiger partial charge in [0.15, 0.2) is 0 Å². The first-order valence-electron chi connectivity index (χ1n) is 6.96. The number of fused-ring (bicyclic) bond motifs is 1. The van der Waals surface area contributed by atoms with Crippen LogP contribution in [-0.4, -0.2) is 0 Å². The van der Waals surface area contributed by atoms with E-state index in [0.717, 1.165) is 15.2 Å². The van der Waals surface area contributed by atoms with E-state index >= 15 is 0 Å². The van der Waals surface area contributed by atoms with Crippen LogP contribution in [0, 0.1) is 0 Å². The first-order valence-corrected chi connectivity index (χ1v) is 8.95. The van der Waals surface area contributed by atoms with Crippen LogP contribution in [0.4, 0.5) is 5.69 Å². The van der Waals surface area contributed by atoms with Gasteiger partial charge in [0.25, 0.3) is 0 Å². The van der Waals surface area contributed by atoms with Crippen molar-refractivity contribution in [1.29, 1.82) is 0 Å². The van der Waals surface area contributed by atoms with E-state index in [2.05, 4.69) is 40.3 Å². The molecule has 0 saturated heterocycles. The van der Waals surface area contributed by atoms with Crippen LogP contribution >= 0.6 is 38.9 Å². The number of benzene rings is 1. The average Bonchev–Trinajstić information content (AvgIpc) is 2.87. The Kier molecular flexibility index (Phi) is 4.39. The fourth-order valence-corrected chi connectivity index (χ4v) is 4.32. The van der Waals surface area contributed by atoms with Crippen molar-refractivity contribution in [2.24, 2.45) is 0 Å². The molecule has 106 valence electrons. The van der Waals surface area contributed by atoms with Crippen molar-refractivity contribution in [2.45, 2.75) is 38.6 Å². The molecule has 1 heterocycles. The molecule has 20 heavy (non-hydrogen) atoms. The number of halogens is 2. The highest BCUT2D eigenvalue weighted by molar-refractivity contribution is 9.10. The number of rotatable bonds is 3. The van der Waals surface area contributed by atoms with E-state index < -0.39 is 0 Å². The molecule has 1 N–H and O–H groups in total. The summed E-state index contributed by atoms with van der Waals surface area (Å²) in [5.41, 5.74) is 2.64. The molecule has 1 nitrogen and oxygen atoms in total. The van der Waals surface area contributed by atoms with Crippen molar-refractivity contribution in [1.82, 2.24) is 0 Å². The Hall–Kier alpha value is -0.510. The van der Waals surface area contributed by atoms with Gasteiger partial charge >= 0.3 is 0 Å². The zero-order valence-electron chi connectivity index (χ0n) is 11.4. The summed E-state index contributed by atoms with van der Waals surface area (Å²) in [5.74, 6) is 0. The lowest BCUT2D eigenvalue weighted by Gasteiger charge is -2.14. The summed E-state index contributed by atoms with van der Waals surface area (Å²) in [5, 5.41) is 4.28. The number of aryl methyl sites for hydroxylation is 2. The van der Waals surface area contributed by atoms with Crippen LogP contribution in [0.5, 0.6) is 0 Å². The standard InChI is InChI=1S/C16H17BrClNS/c1-10(19-12-6-7-13(17)14(18)9-12)16-8-11-4-2-3-5-15(11)20-16/h6-10,19H,2-5H2,1H3. The summed E-state index contributed by atoms with van der Waals surface area (Å²) in [6.45, 7) is 2.22. The molecular weight excluding hydrogens is 354 g/mol. The zero-order valence-corrected chi connectivity index (χ0v) is 14.5. The Bertz CT molecular complexity index is 599. The van der Waals surface area contributed by atoms with Gasteiger partial charge in [-0.2, -0.15) is 0 Å². The maximum absolute atomic E-state index is 6.14. The largest absolute Gasteiger partial charge is 0.378 e. The SMILES string of the molecule is CC(Nc1ccc(Br)c(Cl)c1)c1cc2c(s1)CCCC2. The van der Waals surface area contributed by atoms with Gasteiger partial charge in [-0.1, -0.05) is 11.6 Å². The summed E-state index contributed by atoms with van der Waals surface area (Å²) in [4.78, 5) is 3.02. The lowest BCUT2D eigenvalue weighted by Crippen LogP contribution is -2.04. The normalized spacial score (nSPS) is 15.8. The molecule has 0 amide bonds. The molecule has 0 saturated carbocycles. The Morgan fingerprint density at radius 2 is 2.05 bits per heavy atom. The van der Waals surface area contributed by atoms with Crippen molar-refractivity contribution in [3.05, 3.63) is 49.1 Å². The van der Waals surface area contributed by atoms with Crippen molar-refractivity contribution in [2.75, 3.05) is 5.32 Å². The summed E-state index contributed by atoms with van der Waals surface area (Å²) >= 11 is 11.5. The lowest BCUT2D eigenvalue weighted by molar-refractivity contribution is 0.696. The third-order valence-electron chi connectivity index (χ3n) is 3.75. The highest BCUT2D eigenvalue weighted by atomic mass is 79.9. The fraction of sp³-hybridized carbons (Fsp3) is 0.375. The third kappa shape index (κ3) is 3.05. The van der Waals surface area contributed by atoms with Crippen molar-refractivity contribution >= 4 is 44.6 Å². The Balaban J connectivity index is 1.76. The molecule has 0 fully saturated rings. The number of thiophene rings is 1. The van der Waals surface area contributed by atoms with E-state index in [4.69, 9.17) is 11.6 Å². The topological polar surface area (TPSA) is 12.0 Å². The molecule has 4 heteroatoms. The molecule has 3 rings (SSSR count). The van der Waals surface area contributed by atoms with Gasteiger partial charge in [0.05, 0.1) is 11.1 Å². The molecule has 0 aliphatic heterocycles. The van der Waals surface area contributed by atoms with Gasteiger partial charge in [0.1, 0.15) is 0 Å². The van der Waals surface area contributed by atoms with E-state index in [9.17, 15) is 0 Å². The Labute approximate surface area is 137 Å². The van der Waals surface area contributed by atoms with Gasteiger partial charge in [-0.05, 0) is 78.4 Å². The van der Waals surface area contributed by atoms with E-state index in [1.54, 1.807) is 10.4 Å². The second-order valence-corrected chi connectivity index (χ2v) is 7.73. The maximum atomic E-state index is 6.14. The molecular formula is C16H17BrClNS. The van der Waals surface area contributed by atoms with Crippen molar-refractivity contribution < 1.29 is 0 Å². The molecule has 1 aliphatic carbocycles. The predicted molar refractivity (Wildman–Crippen MR) is 92.2 cm³/mol. The molecule has 1 aromatic heterocycles. The molecule has 0 radical (unpaired) electrons. The van der Waals surface area contributed by atoms with Crippen LogP contribution < -0.4 is 5.32 Å². The minimum absolute atomic E-state index is 0.322. The van der Waals surface area contributed by atoms with Crippen molar-refractivity contribution in [3.63, 3.8) is 0 Å². The monoisotopic (exact) mass is 369 g/mol. The van der Waals surface area contributed by atoms with Crippen LogP contribution in [0.1, 0.15) is 41.1 Å². The first kappa shape index (κ1) is 14.4. The summed E-state index contributed by atoms with van der Waals surface area (Å²) in [6.07, 6.45) is 5.20. The highest BCUT2D eigenvalue weighted by Crippen LogP contribution is 2.34. The van der Waals surface area contributed by atoms with Gasteiger partial charge in [-0.15, -0.1) is 11.3 Å². The Morgan fingerprint density at radius 3 is 2.80 bits per heavy atom. The molecule has 1 atom stereocenters. The quantitative estimate of drug-likeness (QED) is 0.676. The third-order valence-corrected chi connectivity index (χ3v) is 6.40. The smallest absolute Gasteiger partial charge is 0.0578 e. The number of hydrogen-bond donors (Lipinski definition) is 1. The molecule has 1 aliphatic rings. The van der Waals surface area contributed by atoms with E-state index in [1.807, 2.05) is 23.5 Å². The molecule has 0 bridgehead atoms. The number of nitrogens with one attached hydrogen (secondary N) is 1. The van der Waals surface area contributed by atoms with Crippen LogP contribution in [0.3, 0.4) is 0 Å². The fourth-order valence-electron chi connectivity index (χ4n) is 2.63. The number of hydrogen-bond acceptors (Lipinski definition) is 2. The van der Waals surface area contributed by atoms with Gasteiger partial charge in [0.2, 0.25) is 0 Å². The zero-order chi connectivity index (χ0) is 14.1. The second-order valence-electron chi connectivity index (χ2n) is 5.30. The molecule has 2 aromatic rings. The molecule has 1 unspecified atom stereocenters. The van der Waals surface area contributed by atoms with E-state index in [1.165, 1.54) is 30.6 Å². The van der Waals surface area contributed by atoms with Crippen LogP contribution in [0.2, 0.25) is 5.02 Å². The lowest BCUT2D eigenvalue weighted by atomic mass is 9.99. The second kappa shape index (κ2) is 6.08. The summed E-state index contributed by atoms with van der Waals surface area (Å²) < 4.78 is 0.934. The molecule has 1 aromatic carbocycles. The first-order chi connectivity index (χ1) is 9.63. The minimum Gasteiger partial charge on any atom is -0.378 e. The summed E-state index contributed by atoms with van der Waals surface area (Å²) in [6, 6.07) is 8.71. The highest BCUT2D eigenvalue weighted by Gasteiger charge is 2.16. The molecule has 0 spiro atoms. The van der Waals surface area contributed by atoms with Crippen LogP contribution in [0.25, 0.3) is 0 Å². The van der Waals surface area contributed by atoms with E-state index in [-0.39, 0.29) is 0 Å². The van der Waals surface area contributed by atoms with Crippen LogP contribution in [0.15, 0.2) is 28.7 Å².